The summed E-state index contributed by atoms with van der Waals surface area (Å²) >= 11 is 6.25. The van der Waals surface area contributed by atoms with Crippen LogP contribution in [0.4, 0.5) is 13.2 Å². The van der Waals surface area contributed by atoms with E-state index in [1.54, 1.807) is 42.3 Å². The highest BCUT2D eigenvalue weighted by molar-refractivity contribution is 7.89. The lowest BCUT2D eigenvalue weighted by Crippen LogP contribution is -2.52. The summed E-state index contributed by atoms with van der Waals surface area (Å²) in [6.07, 6.45) is -1.68. The number of alkyl halides is 3. The lowest BCUT2D eigenvalue weighted by Gasteiger charge is -2.38. The molecule has 6 nitrogen and oxygen atoms in total. The highest BCUT2D eigenvalue weighted by Crippen LogP contribution is 2.33. The van der Waals surface area contributed by atoms with E-state index in [1.165, 1.54) is 22.5 Å². The van der Waals surface area contributed by atoms with Crippen LogP contribution in [0.3, 0.4) is 0 Å². The number of likely N-dealkylation sites (tertiary alicyclic amines) is 1. The molecule has 1 amide bonds. The predicted octanol–water partition coefficient (Wildman–Crippen LogP) is 5.83. The largest absolute Gasteiger partial charge is 0.416 e. The third-order valence-corrected chi connectivity index (χ3v) is 10.6. The Labute approximate surface area is 243 Å². The van der Waals surface area contributed by atoms with E-state index in [0.717, 1.165) is 11.5 Å². The van der Waals surface area contributed by atoms with Crippen LogP contribution >= 0.6 is 11.6 Å². The van der Waals surface area contributed by atoms with Gasteiger partial charge in [-0.1, -0.05) is 48.0 Å². The molecule has 0 bridgehead atoms. The second-order valence-electron chi connectivity index (χ2n) is 10.8. The molecule has 0 radical (unpaired) electrons. The number of likely N-dealkylation sites (N-methyl/N-ethyl adjacent to an activating group) is 1. The monoisotopic (exact) mass is 607 g/mol. The second-order valence-corrected chi connectivity index (χ2v) is 13.1. The Balaban J connectivity index is 1.21. The van der Waals surface area contributed by atoms with Crippen molar-refractivity contribution in [2.24, 2.45) is 0 Å². The first kappa shape index (κ1) is 29.8. The number of carbonyl (C=O) groups excluding carboxylic acids is 1. The van der Waals surface area contributed by atoms with Crippen LogP contribution < -0.4 is 0 Å². The molecule has 0 unspecified atom stereocenters. The van der Waals surface area contributed by atoms with Gasteiger partial charge in [-0.05, 0) is 67.3 Å². The Hall–Kier alpha value is -2.66. The van der Waals surface area contributed by atoms with Crippen molar-refractivity contribution in [3.05, 3.63) is 76.8 Å². The van der Waals surface area contributed by atoms with Crippen LogP contribution in [0, 0.1) is 0 Å². The van der Waals surface area contributed by atoms with Crippen molar-refractivity contribution in [1.82, 2.24) is 14.1 Å². The van der Waals surface area contributed by atoms with E-state index < -0.39 is 27.8 Å². The highest BCUT2D eigenvalue weighted by Gasteiger charge is 2.42. The third kappa shape index (κ3) is 6.26. The number of hydrogen-bond donors (Lipinski definition) is 0. The summed E-state index contributed by atoms with van der Waals surface area (Å²) in [7, 11) is -2.18. The van der Waals surface area contributed by atoms with Gasteiger partial charge in [0.2, 0.25) is 15.9 Å². The summed E-state index contributed by atoms with van der Waals surface area (Å²) < 4.78 is 68.6. The maximum atomic E-state index is 13.6. The number of hydrogen-bond acceptors (Lipinski definition) is 4. The van der Waals surface area contributed by atoms with Gasteiger partial charge in [-0.2, -0.15) is 17.5 Å². The van der Waals surface area contributed by atoms with Crippen molar-refractivity contribution < 1.29 is 26.4 Å². The topological polar surface area (TPSA) is 60.9 Å². The van der Waals surface area contributed by atoms with Gasteiger partial charge in [-0.3, -0.25) is 4.79 Å². The summed E-state index contributed by atoms with van der Waals surface area (Å²) in [6, 6.07) is 15.0. The number of benzene rings is 3. The van der Waals surface area contributed by atoms with Crippen molar-refractivity contribution in [2.75, 3.05) is 33.2 Å². The van der Waals surface area contributed by atoms with E-state index in [9.17, 15) is 26.4 Å². The van der Waals surface area contributed by atoms with Gasteiger partial charge in [-0.15, -0.1) is 0 Å². The van der Waals surface area contributed by atoms with Crippen molar-refractivity contribution in [3.8, 4) is 0 Å². The van der Waals surface area contributed by atoms with Crippen LogP contribution in [0.2, 0.25) is 5.02 Å². The molecule has 1 atom stereocenters. The van der Waals surface area contributed by atoms with Gasteiger partial charge in [0.05, 0.1) is 10.5 Å². The van der Waals surface area contributed by atoms with E-state index in [4.69, 9.17) is 11.6 Å². The first-order valence-electron chi connectivity index (χ1n) is 13.8. The molecular formula is C30H33ClF3N3O3S. The van der Waals surface area contributed by atoms with E-state index >= 15 is 0 Å². The molecule has 2 heterocycles. The Morgan fingerprint density at radius 1 is 1.00 bits per heavy atom. The zero-order chi connectivity index (χ0) is 29.4. The summed E-state index contributed by atoms with van der Waals surface area (Å²) in [5.74, 6) is -0.215. The quantitative estimate of drug-likeness (QED) is 0.339. The molecule has 2 fully saturated rings. The minimum absolute atomic E-state index is 0.0609. The standard InChI is InChI=1S/C30H33ClF3N3O3S/c1-35(23-14-18-36(19-15-23)17-13-21-6-2-3-8-26(21)30(32,33)34)29(38)28-10-5-16-37(28)41(39,40)24-11-12-25-22(20-24)7-4-9-27(25)31/h2-4,6-9,11-12,20,23,28H,5,10,13-19H2,1H3/t28-/m0/s1. The fourth-order valence-electron chi connectivity index (χ4n) is 6.03. The first-order chi connectivity index (χ1) is 19.5. The lowest BCUT2D eigenvalue weighted by atomic mass is 10.0. The molecule has 0 saturated carbocycles. The number of carbonyl (C=O) groups is 1. The zero-order valence-corrected chi connectivity index (χ0v) is 24.4. The molecule has 11 heteroatoms. The Kier molecular flexibility index (Phi) is 8.66. The number of amides is 1. The summed E-state index contributed by atoms with van der Waals surface area (Å²) in [6.45, 7) is 2.09. The Bertz CT molecular complexity index is 1520. The minimum Gasteiger partial charge on any atom is -0.341 e. The van der Waals surface area contributed by atoms with Crippen molar-refractivity contribution in [1.29, 1.82) is 0 Å². The molecule has 3 aromatic carbocycles. The number of rotatable bonds is 7. The van der Waals surface area contributed by atoms with Crippen LogP contribution in [0.15, 0.2) is 65.6 Å². The summed E-state index contributed by atoms with van der Waals surface area (Å²) in [4.78, 5) is 17.5. The van der Waals surface area contributed by atoms with Gasteiger partial charge in [0.15, 0.2) is 0 Å². The molecule has 0 N–H and O–H groups in total. The van der Waals surface area contributed by atoms with E-state index in [2.05, 4.69) is 4.90 Å². The van der Waals surface area contributed by atoms with Gasteiger partial charge in [0.1, 0.15) is 6.04 Å². The van der Waals surface area contributed by atoms with Gasteiger partial charge < -0.3 is 9.80 Å². The average Bonchev–Trinajstić information content (AvgIpc) is 3.46. The maximum absolute atomic E-state index is 13.6. The molecule has 2 aliphatic heterocycles. The highest BCUT2D eigenvalue weighted by atomic mass is 35.5. The summed E-state index contributed by atoms with van der Waals surface area (Å²) in [5.41, 5.74) is -0.310. The Morgan fingerprint density at radius 3 is 2.46 bits per heavy atom. The van der Waals surface area contributed by atoms with Gasteiger partial charge in [-0.25, -0.2) is 8.42 Å². The smallest absolute Gasteiger partial charge is 0.341 e. The molecule has 2 aliphatic rings. The number of fused-ring (bicyclic) bond motifs is 1. The van der Waals surface area contributed by atoms with Crippen molar-refractivity contribution in [2.45, 2.75) is 55.3 Å². The van der Waals surface area contributed by atoms with Gasteiger partial charge >= 0.3 is 6.18 Å². The first-order valence-corrected chi connectivity index (χ1v) is 15.6. The third-order valence-electron chi connectivity index (χ3n) is 8.37. The average molecular weight is 608 g/mol. The van der Waals surface area contributed by atoms with Crippen LogP contribution in [0.25, 0.3) is 10.8 Å². The van der Waals surface area contributed by atoms with Crippen LogP contribution in [0.5, 0.6) is 0 Å². The fraction of sp³-hybridized carbons (Fsp3) is 0.433. The molecule has 41 heavy (non-hydrogen) atoms. The molecule has 0 spiro atoms. The molecule has 0 aliphatic carbocycles. The molecule has 3 aromatic rings. The van der Waals surface area contributed by atoms with Crippen molar-refractivity contribution >= 4 is 38.3 Å². The van der Waals surface area contributed by atoms with Crippen LogP contribution in [0.1, 0.15) is 36.8 Å². The number of nitrogens with zero attached hydrogens (tertiary/aromatic N) is 3. The second kappa shape index (κ2) is 11.9. The fourth-order valence-corrected chi connectivity index (χ4v) is 7.96. The summed E-state index contributed by atoms with van der Waals surface area (Å²) in [5, 5.41) is 2.02. The molecule has 0 aromatic heterocycles. The lowest BCUT2D eigenvalue weighted by molar-refractivity contribution is -0.138. The van der Waals surface area contributed by atoms with Crippen LogP contribution in [-0.4, -0.2) is 73.7 Å². The number of sulfonamides is 1. The van der Waals surface area contributed by atoms with Crippen LogP contribution in [-0.2, 0) is 27.4 Å². The molecule has 220 valence electrons. The maximum Gasteiger partial charge on any atom is 0.416 e. The minimum atomic E-state index is -4.38. The number of halogens is 4. The SMILES string of the molecule is CN(C(=O)[C@@H]1CCCN1S(=O)(=O)c1ccc2c(Cl)cccc2c1)C1CCN(CCc2ccccc2C(F)(F)F)CC1. The van der Waals surface area contributed by atoms with E-state index in [1.807, 2.05) is 6.07 Å². The molecule has 2 saturated heterocycles. The molecule has 5 rings (SSSR count). The normalized spacial score (nSPS) is 19.6. The zero-order valence-electron chi connectivity index (χ0n) is 22.8. The predicted molar refractivity (Wildman–Crippen MR) is 153 cm³/mol. The van der Waals surface area contributed by atoms with Gasteiger partial charge in [0, 0.05) is 49.7 Å². The van der Waals surface area contributed by atoms with Crippen molar-refractivity contribution in [3.63, 3.8) is 0 Å². The van der Waals surface area contributed by atoms with E-state index in [-0.39, 0.29) is 29.0 Å². The molecular weight excluding hydrogens is 575 g/mol. The van der Waals surface area contributed by atoms with Gasteiger partial charge in [0.25, 0.3) is 0 Å². The van der Waals surface area contributed by atoms with E-state index in [0.29, 0.717) is 62.1 Å². The number of piperidine rings is 1. The Morgan fingerprint density at radius 2 is 1.73 bits per heavy atom.